The van der Waals surface area contributed by atoms with E-state index in [0.29, 0.717) is 0 Å². The molecule has 1 aromatic rings. The Bertz CT molecular complexity index is 238. The van der Waals surface area contributed by atoms with Crippen LogP contribution in [0.2, 0.25) is 0 Å². The smallest absolute Gasteiger partial charge is 0.00574 e. The van der Waals surface area contributed by atoms with Crippen molar-refractivity contribution in [3.05, 3.63) is 35.4 Å². The summed E-state index contributed by atoms with van der Waals surface area (Å²) in [7, 11) is 0. The Hall–Kier alpha value is -0.430. The fourth-order valence-corrected chi connectivity index (χ4v) is 1.84. The Morgan fingerprint density at radius 3 is 2.00 bits per heavy atom. The van der Waals surface area contributed by atoms with Crippen LogP contribution in [0.15, 0.2) is 24.3 Å². The van der Waals surface area contributed by atoms with Crippen LogP contribution in [0.1, 0.15) is 37.3 Å². The van der Waals surface area contributed by atoms with Crippen molar-refractivity contribution in [2.75, 3.05) is 5.75 Å². The average molecular weight is 208 g/mol. The standard InChI is InChI=1S/C13H20S/c1-2-3-4-5-12-6-8-13(9-7-12)10-11-14/h6-9,14H,2-5,10-11H2,1H3. The van der Waals surface area contributed by atoms with Crippen LogP contribution < -0.4 is 0 Å². The summed E-state index contributed by atoms with van der Waals surface area (Å²) in [4.78, 5) is 0. The Morgan fingerprint density at radius 2 is 1.50 bits per heavy atom. The van der Waals surface area contributed by atoms with Gasteiger partial charge in [0.25, 0.3) is 0 Å². The maximum Gasteiger partial charge on any atom is -0.00574 e. The topological polar surface area (TPSA) is 0 Å². The highest BCUT2D eigenvalue weighted by molar-refractivity contribution is 7.80. The molecule has 0 aliphatic heterocycles. The van der Waals surface area contributed by atoms with Crippen LogP contribution in [0.3, 0.4) is 0 Å². The molecule has 0 aliphatic rings. The summed E-state index contributed by atoms with van der Waals surface area (Å²) in [5.41, 5.74) is 2.88. The molecule has 1 rings (SSSR count). The number of hydrogen-bond donors (Lipinski definition) is 1. The van der Waals surface area contributed by atoms with Crippen molar-refractivity contribution < 1.29 is 0 Å². The van der Waals surface area contributed by atoms with Gasteiger partial charge >= 0.3 is 0 Å². The van der Waals surface area contributed by atoms with Crippen LogP contribution in [0, 0.1) is 0 Å². The number of rotatable bonds is 6. The summed E-state index contributed by atoms with van der Waals surface area (Å²) in [5, 5.41) is 0. The Balaban J connectivity index is 2.38. The van der Waals surface area contributed by atoms with E-state index in [1.54, 1.807) is 0 Å². The molecule has 0 N–H and O–H groups in total. The lowest BCUT2D eigenvalue weighted by Crippen LogP contribution is -1.89. The van der Waals surface area contributed by atoms with Crippen molar-refractivity contribution >= 4 is 12.6 Å². The summed E-state index contributed by atoms with van der Waals surface area (Å²) in [6.45, 7) is 2.25. The maximum absolute atomic E-state index is 4.23. The molecule has 78 valence electrons. The molecule has 1 heteroatoms. The van der Waals surface area contributed by atoms with Gasteiger partial charge in [0.05, 0.1) is 0 Å². The van der Waals surface area contributed by atoms with Crippen LogP contribution in [0.25, 0.3) is 0 Å². The maximum atomic E-state index is 4.23. The second kappa shape index (κ2) is 6.94. The van der Waals surface area contributed by atoms with Crippen LogP contribution >= 0.6 is 12.6 Å². The highest BCUT2D eigenvalue weighted by atomic mass is 32.1. The van der Waals surface area contributed by atoms with Crippen molar-refractivity contribution in [2.45, 2.75) is 39.0 Å². The van der Waals surface area contributed by atoms with Gasteiger partial charge in [-0.05, 0) is 36.1 Å². The van der Waals surface area contributed by atoms with Crippen molar-refractivity contribution in [1.82, 2.24) is 0 Å². The van der Waals surface area contributed by atoms with E-state index < -0.39 is 0 Å². The number of aryl methyl sites for hydroxylation is 2. The van der Waals surface area contributed by atoms with Crippen LogP contribution in [-0.4, -0.2) is 5.75 Å². The predicted octanol–water partition coefficient (Wildman–Crippen LogP) is 3.89. The van der Waals surface area contributed by atoms with E-state index in [2.05, 4.69) is 43.8 Å². The highest BCUT2D eigenvalue weighted by Crippen LogP contribution is 2.09. The third-order valence-electron chi connectivity index (χ3n) is 2.49. The minimum absolute atomic E-state index is 0.940. The molecule has 0 radical (unpaired) electrons. The second-order valence-electron chi connectivity index (χ2n) is 3.75. The van der Waals surface area contributed by atoms with E-state index in [9.17, 15) is 0 Å². The highest BCUT2D eigenvalue weighted by Gasteiger charge is 1.94. The van der Waals surface area contributed by atoms with Gasteiger partial charge in [-0.2, -0.15) is 12.6 Å². The lowest BCUT2D eigenvalue weighted by molar-refractivity contribution is 0.717. The number of hydrogen-bond acceptors (Lipinski definition) is 1. The van der Waals surface area contributed by atoms with Gasteiger partial charge in [0.1, 0.15) is 0 Å². The van der Waals surface area contributed by atoms with E-state index in [1.807, 2.05) is 0 Å². The van der Waals surface area contributed by atoms with E-state index >= 15 is 0 Å². The Labute approximate surface area is 93.1 Å². The molecular weight excluding hydrogens is 188 g/mol. The van der Waals surface area contributed by atoms with E-state index in [1.165, 1.54) is 36.8 Å². The quantitative estimate of drug-likeness (QED) is 0.532. The molecule has 0 nitrogen and oxygen atoms in total. The predicted molar refractivity (Wildman–Crippen MR) is 67.2 cm³/mol. The molecule has 0 aromatic heterocycles. The van der Waals surface area contributed by atoms with Crippen molar-refractivity contribution in [3.63, 3.8) is 0 Å². The first-order valence-electron chi connectivity index (χ1n) is 5.55. The Morgan fingerprint density at radius 1 is 0.929 bits per heavy atom. The van der Waals surface area contributed by atoms with Crippen LogP contribution in [-0.2, 0) is 12.8 Å². The van der Waals surface area contributed by atoms with Crippen molar-refractivity contribution in [2.24, 2.45) is 0 Å². The van der Waals surface area contributed by atoms with Gasteiger partial charge in [0.15, 0.2) is 0 Å². The summed E-state index contributed by atoms with van der Waals surface area (Å²) in [6, 6.07) is 8.98. The van der Waals surface area contributed by atoms with Crippen LogP contribution in [0.4, 0.5) is 0 Å². The van der Waals surface area contributed by atoms with E-state index in [4.69, 9.17) is 0 Å². The third kappa shape index (κ3) is 4.19. The number of unbranched alkanes of at least 4 members (excludes halogenated alkanes) is 2. The lowest BCUT2D eigenvalue weighted by Gasteiger charge is -2.02. The molecule has 0 bridgehead atoms. The molecule has 0 saturated carbocycles. The van der Waals surface area contributed by atoms with Crippen molar-refractivity contribution in [3.8, 4) is 0 Å². The van der Waals surface area contributed by atoms with E-state index in [-0.39, 0.29) is 0 Å². The first kappa shape index (κ1) is 11.6. The SMILES string of the molecule is CCCCCc1ccc(CCS)cc1. The first-order valence-corrected chi connectivity index (χ1v) is 6.18. The molecule has 14 heavy (non-hydrogen) atoms. The molecule has 1 aromatic carbocycles. The molecule has 0 aliphatic carbocycles. The molecule has 0 heterocycles. The minimum atomic E-state index is 0.940. The van der Waals surface area contributed by atoms with Crippen molar-refractivity contribution in [1.29, 1.82) is 0 Å². The first-order chi connectivity index (χ1) is 6.86. The number of thiol groups is 1. The lowest BCUT2D eigenvalue weighted by atomic mass is 10.0. The van der Waals surface area contributed by atoms with Gasteiger partial charge in [-0.15, -0.1) is 0 Å². The zero-order valence-electron chi connectivity index (χ0n) is 9.00. The molecule has 0 spiro atoms. The van der Waals surface area contributed by atoms with Gasteiger partial charge in [-0.3, -0.25) is 0 Å². The second-order valence-corrected chi connectivity index (χ2v) is 4.19. The fraction of sp³-hybridized carbons (Fsp3) is 0.538. The van der Waals surface area contributed by atoms with Gasteiger partial charge in [0.2, 0.25) is 0 Å². The zero-order valence-corrected chi connectivity index (χ0v) is 9.89. The summed E-state index contributed by atoms with van der Waals surface area (Å²) in [5.74, 6) is 0.940. The molecule has 0 amide bonds. The molecular formula is C13H20S. The monoisotopic (exact) mass is 208 g/mol. The fourth-order valence-electron chi connectivity index (χ4n) is 1.58. The molecule has 0 atom stereocenters. The van der Waals surface area contributed by atoms with Gasteiger partial charge in [-0.25, -0.2) is 0 Å². The summed E-state index contributed by atoms with van der Waals surface area (Å²) < 4.78 is 0. The van der Waals surface area contributed by atoms with Crippen LogP contribution in [0.5, 0.6) is 0 Å². The summed E-state index contributed by atoms with van der Waals surface area (Å²) >= 11 is 4.23. The van der Waals surface area contributed by atoms with E-state index in [0.717, 1.165) is 12.2 Å². The van der Waals surface area contributed by atoms with Gasteiger partial charge in [0, 0.05) is 0 Å². The largest absolute Gasteiger partial charge is 0.179 e. The molecule has 0 unspecified atom stereocenters. The third-order valence-corrected chi connectivity index (χ3v) is 2.72. The molecule has 0 fully saturated rings. The number of benzene rings is 1. The Kier molecular flexibility index (Phi) is 5.77. The minimum Gasteiger partial charge on any atom is -0.179 e. The molecule has 0 saturated heterocycles. The van der Waals surface area contributed by atoms with Gasteiger partial charge < -0.3 is 0 Å². The van der Waals surface area contributed by atoms with Gasteiger partial charge in [-0.1, -0.05) is 44.0 Å². The average Bonchev–Trinajstić information content (AvgIpc) is 2.21. The zero-order chi connectivity index (χ0) is 10.2. The normalized spacial score (nSPS) is 10.4. The summed E-state index contributed by atoms with van der Waals surface area (Å²) in [6.07, 6.45) is 6.28.